The molecule has 0 spiro atoms. The second kappa shape index (κ2) is 8.23. The number of thioether (sulfide) groups is 1. The Hall–Kier alpha value is -2.53. The maximum absolute atomic E-state index is 4.44. The van der Waals surface area contributed by atoms with Gasteiger partial charge in [0.1, 0.15) is 0 Å². The molecule has 0 bridgehead atoms. The zero-order valence-corrected chi connectivity index (χ0v) is 16.3. The average molecular weight is 365 g/mol. The average Bonchev–Trinajstić information content (AvgIpc) is 3.04. The highest BCUT2D eigenvalue weighted by Gasteiger charge is 2.14. The van der Waals surface area contributed by atoms with Crippen molar-refractivity contribution in [2.45, 2.75) is 24.4 Å². The van der Waals surface area contributed by atoms with Gasteiger partial charge in [0.2, 0.25) is 0 Å². The molecule has 0 amide bonds. The fraction of sp³-hybridized carbons (Fsp3) is 0.238. The highest BCUT2D eigenvalue weighted by Crippen LogP contribution is 2.28. The molecule has 26 heavy (non-hydrogen) atoms. The second-order valence-corrected chi connectivity index (χ2v) is 7.30. The number of hydrogen-bond acceptors (Lipinski definition) is 4. The van der Waals surface area contributed by atoms with Gasteiger partial charge in [-0.2, -0.15) is 0 Å². The van der Waals surface area contributed by atoms with E-state index in [2.05, 4.69) is 81.7 Å². The van der Waals surface area contributed by atoms with Gasteiger partial charge >= 0.3 is 0 Å². The molecule has 2 aromatic carbocycles. The molecular weight excluding hydrogens is 340 g/mol. The second-order valence-electron chi connectivity index (χ2n) is 6.36. The van der Waals surface area contributed by atoms with Gasteiger partial charge in [0.05, 0.1) is 0 Å². The van der Waals surface area contributed by atoms with Gasteiger partial charge in [-0.25, -0.2) is 0 Å². The van der Waals surface area contributed by atoms with Crippen LogP contribution in [0.2, 0.25) is 0 Å². The molecule has 0 radical (unpaired) electrons. The summed E-state index contributed by atoms with van der Waals surface area (Å²) in [6.07, 6.45) is 1.89. The van der Waals surface area contributed by atoms with Crippen molar-refractivity contribution in [3.05, 3.63) is 72.3 Å². The first-order valence-electron chi connectivity index (χ1n) is 8.59. The highest BCUT2D eigenvalue weighted by molar-refractivity contribution is 7.98. The molecule has 134 valence electrons. The number of aryl methyl sites for hydroxylation is 1. The molecule has 0 aliphatic carbocycles. The molecule has 0 saturated carbocycles. The number of benzene rings is 2. The zero-order valence-electron chi connectivity index (χ0n) is 15.5. The molecule has 0 unspecified atom stereocenters. The molecule has 0 saturated heterocycles. The lowest BCUT2D eigenvalue weighted by Gasteiger charge is -2.13. The molecule has 0 aliphatic rings. The SMILES string of the molecule is C=CCn1c(SCc2ccccc2C)nnc1-c1ccc(N(C)C)cc1. The van der Waals surface area contributed by atoms with Gasteiger partial charge in [0, 0.05) is 37.6 Å². The lowest BCUT2D eigenvalue weighted by Crippen LogP contribution is -2.08. The van der Waals surface area contributed by atoms with Crippen LogP contribution < -0.4 is 4.90 Å². The fourth-order valence-corrected chi connectivity index (χ4v) is 3.75. The molecule has 0 atom stereocenters. The lowest BCUT2D eigenvalue weighted by molar-refractivity contribution is 0.731. The van der Waals surface area contributed by atoms with E-state index in [4.69, 9.17) is 0 Å². The van der Waals surface area contributed by atoms with Crippen LogP contribution in [0.5, 0.6) is 0 Å². The molecule has 1 heterocycles. The summed E-state index contributed by atoms with van der Waals surface area (Å²) in [6.45, 7) is 6.72. The van der Waals surface area contributed by atoms with Crippen molar-refractivity contribution in [2.75, 3.05) is 19.0 Å². The van der Waals surface area contributed by atoms with Crippen molar-refractivity contribution in [1.82, 2.24) is 14.8 Å². The van der Waals surface area contributed by atoms with Crippen LogP contribution in [0.15, 0.2) is 66.3 Å². The van der Waals surface area contributed by atoms with E-state index >= 15 is 0 Å². The predicted molar refractivity (Wildman–Crippen MR) is 111 cm³/mol. The monoisotopic (exact) mass is 364 g/mol. The van der Waals surface area contributed by atoms with Gasteiger partial charge in [0.15, 0.2) is 11.0 Å². The Morgan fingerprint density at radius 2 is 1.81 bits per heavy atom. The third kappa shape index (κ3) is 3.99. The maximum atomic E-state index is 4.44. The van der Waals surface area contributed by atoms with Crippen molar-refractivity contribution in [3.63, 3.8) is 0 Å². The number of aromatic nitrogens is 3. The summed E-state index contributed by atoms with van der Waals surface area (Å²) < 4.78 is 2.13. The zero-order chi connectivity index (χ0) is 18.5. The summed E-state index contributed by atoms with van der Waals surface area (Å²) in [5.74, 6) is 1.75. The number of nitrogens with zero attached hydrogens (tertiary/aromatic N) is 4. The summed E-state index contributed by atoms with van der Waals surface area (Å²) in [7, 11) is 4.07. The Balaban J connectivity index is 1.86. The van der Waals surface area contributed by atoms with Crippen molar-refractivity contribution in [3.8, 4) is 11.4 Å². The Kier molecular flexibility index (Phi) is 5.78. The Morgan fingerprint density at radius 1 is 1.08 bits per heavy atom. The summed E-state index contributed by atoms with van der Waals surface area (Å²) >= 11 is 1.71. The van der Waals surface area contributed by atoms with Crippen LogP contribution >= 0.6 is 11.8 Å². The van der Waals surface area contributed by atoms with Crippen LogP contribution in [-0.4, -0.2) is 28.9 Å². The van der Waals surface area contributed by atoms with Crippen LogP contribution in [0.3, 0.4) is 0 Å². The van der Waals surface area contributed by atoms with Crippen LogP contribution in [0.1, 0.15) is 11.1 Å². The predicted octanol–water partition coefficient (Wildman–Crippen LogP) is 4.80. The van der Waals surface area contributed by atoms with E-state index in [1.165, 1.54) is 11.1 Å². The first-order valence-corrected chi connectivity index (χ1v) is 9.58. The molecule has 3 rings (SSSR count). The van der Waals surface area contributed by atoms with Gasteiger partial charge < -0.3 is 4.90 Å². The topological polar surface area (TPSA) is 34.0 Å². The summed E-state index contributed by atoms with van der Waals surface area (Å²) in [6, 6.07) is 16.8. The van der Waals surface area contributed by atoms with Gasteiger partial charge in [-0.1, -0.05) is 42.1 Å². The number of anilines is 1. The Bertz CT molecular complexity index is 881. The van der Waals surface area contributed by atoms with Gasteiger partial charge in [0.25, 0.3) is 0 Å². The van der Waals surface area contributed by atoms with Gasteiger partial charge in [-0.05, 0) is 42.3 Å². The van der Waals surface area contributed by atoms with Crippen molar-refractivity contribution in [1.29, 1.82) is 0 Å². The van der Waals surface area contributed by atoms with Crippen LogP contribution in [-0.2, 0) is 12.3 Å². The van der Waals surface area contributed by atoms with E-state index in [1.807, 2.05) is 20.2 Å². The van der Waals surface area contributed by atoms with E-state index in [1.54, 1.807) is 11.8 Å². The van der Waals surface area contributed by atoms with Crippen LogP contribution in [0, 0.1) is 6.92 Å². The first-order chi connectivity index (χ1) is 12.6. The van der Waals surface area contributed by atoms with E-state index in [0.717, 1.165) is 28.0 Å². The summed E-state index contributed by atoms with van der Waals surface area (Å²) in [5, 5.41) is 9.79. The van der Waals surface area contributed by atoms with Gasteiger partial charge in [-0.15, -0.1) is 16.8 Å². The number of rotatable bonds is 7. The third-order valence-electron chi connectivity index (χ3n) is 4.29. The largest absolute Gasteiger partial charge is 0.378 e. The van der Waals surface area contributed by atoms with Crippen molar-refractivity contribution >= 4 is 17.4 Å². The molecule has 1 aromatic heterocycles. The highest BCUT2D eigenvalue weighted by atomic mass is 32.2. The Morgan fingerprint density at radius 3 is 2.46 bits per heavy atom. The minimum Gasteiger partial charge on any atom is -0.378 e. The minimum absolute atomic E-state index is 0.688. The molecule has 0 N–H and O–H groups in total. The van der Waals surface area contributed by atoms with Gasteiger partial charge in [-0.3, -0.25) is 4.57 Å². The van der Waals surface area contributed by atoms with Crippen LogP contribution in [0.25, 0.3) is 11.4 Å². The standard InChI is InChI=1S/C21H24N4S/c1-5-14-25-20(17-10-12-19(13-11-17)24(3)4)22-23-21(25)26-15-18-9-7-6-8-16(18)2/h5-13H,1,14-15H2,2-4H3. The van der Waals surface area contributed by atoms with E-state index in [0.29, 0.717) is 6.54 Å². The summed E-state index contributed by atoms with van der Waals surface area (Å²) in [4.78, 5) is 2.09. The summed E-state index contributed by atoms with van der Waals surface area (Å²) in [5.41, 5.74) is 4.85. The molecule has 3 aromatic rings. The quantitative estimate of drug-likeness (QED) is 0.445. The van der Waals surface area contributed by atoms with Crippen molar-refractivity contribution in [2.24, 2.45) is 0 Å². The number of allylic oxidation sites excluding steroid dienone is 1. The third-order valence-corrected chi connectivity index (χ3v) is 5.30. The molecule has 4 nitrogen and oxygen atoms in total. The smallest absolute Gasteiger partial charge is 0.192 e. The maximum Gasteiger partial charge on any atom is 0.192 e. The molecule has 0 aliphatic heterocycles. The fourth-order valence-electron chi connectivity index (χ4n) is 2.73. The van der Waals surface area contributed by atoms with Crippen molar-refractivity contribution < 1.29 is 0 Å². The van der Waals surface area contributed by atoms with E-state index < -0.39 is 0 Å². The first kappa shape index (κ1) is 18.3. The molecule has 0 fully saturated rings. The van der Waals surface area contributed by atoms with Crippen LogP contribution in [0.4, 0.5) is 5.69 Å². The normalized spacial score (nSPS) is 10.7. The number of hydrogen-bond donors (Lipinski definition) is 0. The minimum atomic E-state index is 0.688. The lowest BCUT2D eigenvalue weighted by atomic mass is 10.1. The van der Waals surface area contributed by atoms with E-state index in [9.17, 15) is 0 Å². The van der Waals surface area contributed by atoms with E-state index in [-0.39, 0.29) is 0 Å². The molecule has 5 heteroatoms. The molecular formula is C21H24N4S. The Labute approximate surface area is 159 Å².